The molecule has 1 aromatic carbocycles. The van der Waals surface area contributed by atoms with Gasteiger partial charge in [0, 0.05) is 11.4 Å². The van der Waals surface area contributed by atoms with E-state index in [9.17, 15) is 0 Å². The first kappa shape index (κ1) is 10.7. The van der Waals surface area contributed by atoms with Crippen molar-refractivity contribution in [2.24, 2.45) is 0 Å². The van der Waals surface area contributed by atoms with Crippen LogP contribution >= 0.6 is 11.6 Å². The lowest BCUT2D eigenvalue weighted by Gasteiger charge is -2.03. The second kappa shape index (κ2) is 5.31. The van der Waals surface area contributed by atoms with Gasteiger partial charge in [-0.25, -0.2) is 0 Å². The summed E-state index contributed by atoms with van der Waals surface area (Å²) in [6, 6.07) is 7.72. The zero-order valence-corrected chi connectivity index (χ0v) is 9.11. The maximum atomic E-state index is 5.79. The van der Waals surface area contributed by atoms with Gasteiger partial charge < -0.3 is 9.47 Å². The molecule has 1 saturated heterocycles. The van der Waals surface area contributed by atoms with Crippen LogP contribution in [0.3, 0.4) is 0 Å². The van der Waals surface area contributed by atoms with E-state index in [0.717, 1.165) is 17.0 Å². The number of hydrogen-bond acceptors (Lipinski definition) is 2. The summed E-state index contributed by atoms with van der Waals surface area (Å²) >= 11 is 5.79. The first-order chi connectivity index (χ1) is 7.34. The van der Waals surface area contributed by atoms with Gasteiger partial charge in [-0.2, -0.15) is 0 Å². The van der Waals surface area contributed by atoms with Gasteiger partial charge in [0.05, 0.1) is 13.2 Å². The number of rotatable bonds is 3. The summed E-state index contributed by atoms with van der Waals surface area (Å²) in [6.07, 6.45) is 4.83. The molecule has 0 saturated carbocycles. The summed E-state index contributed by atoms with van der Waals surface area (Å²) < 4.78 is 10.6. The second-order valence-corrected chi connectivity index (χ2v) is 3.80. The molecule has 2 nitrogen and oxygen atoms in total. The van der Waals surface area contributed by atoms with Crippen LogP contribution in [0.1, 0.15) is 12.0 Å². The van der Waals surface area contributed by atoms with E-state index < -0.39 is 0 Å². The van der Waals surface area contributed by atoms with E-state index in [4.69, 9.17) is 21.1 Å². The Labute approximate surface area is 94.5 Å². The molecule has 80 valence electrons. The molecule has 15 heavy (non-hydrogen) atoms. The van der Waals surface area contributed by atoms with Crippen molar-refractivity contribution in [3.63, 3.8) is 0 Å². The Kier molecular flexibility index (Phi) is 3.78. The summed E-state index contributed by atoms with van der Waals surface area (Å²) in [5.74, 6) is 0. The lowest BCUT2D eigenvalue weighted by Crippen LogP contribution is -2.04. The Morgan fingerprint density at radius 1 is 1.20 bits per heavy atom. The van der Waals surface area contributed by atoms with Crippen LogP contribution in [-0.4, -0.2) is 19.5 Å². The maximum Gasteiger partial charge on any atom is 0.161 e. The van der Waals surface area contributed by atoms with Crippen molar-refractivity contribution in [3.8, 4) is 0 Å². The van der Waals surface area contributed by atoms with E-state index in [-0.39, 0.29) is 6.29 Å². The standard InChI is InChI=1S/C12H13ClO2/c13-11-6-4-10(5-7-11)2-1-3-12-14-8-9-15-12/h1-2,4-7,12H,3,8-9H2. The predicted octanol–water partition coefficient (Wildman–Crippen LogP) is 3.12. The summed E-state index contributed by atoms with van der Waals surface area (Å²) in [5.41, 5.74) is 1.14. The fourth-order valence-electron chi connectivity index (χ4n) is 1.43. The fraction of sp³-hybridized carbons (Fsp3) is 0.333. The Balaban J connectivity index is 1.85. The largest absolute Gasteiger partial charge is 0.350 e. The molecule has 0 aliphatic carbocycles. The summed E-state index contributed by atoms with van der Waals surface area (Å²) in [5, 5.41) is 0.759. The lowest BCUT2D eigenvalue weighted by atomic mass is 10.2. The highest BCUT2D eigenvalue weighted by Gasteiger charge is 2.13. The average Bonchev–Trinajstić information content (AvgIpc) is 2.74. The molecule has 0 N–H and O–H groups in total. The molecular weight excluding hydrogens is 212 g/mol. The van der Waals surface area contributed by atoms with Crippen LogP contribution < -0.4 is 0 Å². The van der Waals surface area contributed by atoms with Gasteiger partial charge >= 0.3 is 0 Å². The smallest absolute Gasteiger partial charge is 0.161 e. The van der Waals surface area contributed by atoms with Crippen molar-refractivity contribution in [3.05, 3.63) is 40.9 Å². The maximum absolute atomic E-state index is 5.79. The van der Waals surface area contributed by atoms with Crippen LogP contribution in [0.25, 0.3) is 6.08 Å². The molecule has 0 bridgehead atoms. The molecule has 0 unspecified atom stereocenters. The average molecular weight is 225 g/mol. The van der Waals surface area contributed by atoms with E-state index in [1.165, 1.54) is 0 Å². The van der Waals surface area contributed by atoms with Gasteiger partial charge in [-0.05, 0) is 17.7 Å². The van der Waals surface area contributed by atoms with Crippen LogP contribution in [0.2, 0.25) is 5.02 Å². The highest BCUT2D eigenvalue weighted by atomic mass is 35.5. The van der Waals surface area contributed by atoms with E-state index in [0.29, 0.717) is 13.2 Å². The molecule has 2 rings (SSSR count). The van der Waals surface area contributed by atoms with Crippen LogP contribution in [0, 0.1) is 0 Å². The van der Waals surface area contributed by atoms with Crippen LogP contribution in [0.4, 0.5) is 0 Å². The van der Waals surface area contributed by atoms with Gasteiger partial charge in [-0.3, -0.25) is 0 Å². The highest BCUT2D eigenvalue weighted by Crippen LogP contribution is 2.13. The van der Waals surface area contributed by atoms with Crippen molar-refractivity contribution < 1.29 is 9.47 Å². The molecule has 0 atom stereocenters. The third-order valence-electron chi connectivity index (χ3n) is 2.20. The lowest BCUT2D eigenvalue weighted by molar-refractivity contribution is -0.0379. The first-order valence-electron chi connectivity index (χ1n) is 5.00. The molecule has 0 radical (unpaired) electrons. The number of ether oxygens (including phenoxy) is 2. The van der Waals surface area contributed by atoms with E-state index in [1.807, 2.05) is 30.3 Å². The fourth-order valence-corrected chi connectivity index (χ4v) is 1.56. The second-order valence-electron chi connectivity index (χ2n) is 3.36. The van der Waals surface area contributed by atoms with Crippen molar-refractivity contribution in [2.45, 2.75) is 12.7 Å². The molecule has 0 amide bonds. The van der Waals surface area contributed by atoms with E-state index >= 15 is 0 Å². The highest BCUT2D eigenvalue weighted by molar-refractivity contribution is 6.30. The van der Waals surface area contributed by atoms with Gasteiger partial charge in [-0.15, -0.1) is 0 Å². The zero-order chi connectivity index (χ0) is 10.5. The Hall–Kier alpha value is -0.830. The van der Waals surface area contributed by atoms with E-state index in [2.05, 4.69) is 6.08 Å². The third kappa shape index (κ3) is 3.34. The summed E-state index contributed by atoms with van der Waals surface area (Å²) in [4.78, 5) is 0. The molecule has 3 heteroatoms. The SMILES string of the molecule is Clc1ccc(C=CCC2OCCO2)cc1. The van der Waals surface area contributed by atoms with Gasteiger partial charge in [-0.1, -0.05) is 35.9 Å². The topological polar surface area (TPSA) is 18.5 Å². The Morgan fingerprint density at radius 3 is 2.53 bits per heavy atom. The summed E-state index contributed by atoms with van der Waals surface area (Å²) in [6.45, 7) is 1.42. The van der Waals surface area contributed by atoms with Crippen molar-refractivity contribution in [1.29, 1.82) is 0 Å². The molecule has 1 aromatic rings. The molecule has 1 aliphatic heterocycles. The van der Waals surface area contributed by atoms with Gasteiger partial charge in [0.15, 0.2) is 6.29 Å². The Bertz CT molecular complexity index is 326. The Morgan fingerprint density at radius 2 is 1.87 bits per heavy atom. The minimum absolute atomic E-state index is 0.0615. The quantitative estimate of drug-likeness (QED) is 0.786. The molecular formula is C12H13ClO2. The third-order valence-corrected chi connectivity index (χ3v) is 2.45. The minimum atomic E-state index is -0.0615. The number of hydrogen-bond donors (Lipinski definition) is 0. The van der Waals surface area contributed by atoms with Crippen LogP contribution in [0.15, 0.2) is 30.3 Å². The van der Waals surface area contributed by atoms with Crippen molar-refractivity contribution >= 4 is 17.7 Å². The first-order valence-corrected chi connectivity index (χ1v) is 5.38. The monoisotopic (exact) mass is 224 g/mol. The molecule has 1 fully saturated rings. The molecule has 1 heterocycles. The predicted molar refractivity (Wildman–Crippen MR) is 60.8 cm³/mol. The van der Waals surface area contributed by atoms with Gasteiger partial charge in [0.25, 0.3) is 0 Å². The van der Waals surface area contributed by atoms with Gasteiger partial charge in [0.1, 0.15) is 0 Å². The van der Waals surface area contributed by atoms with Crippen molar-refractivity contribution in [2.75, 3.05) is 13.2 Å². The zero-order valence-electron chi connectivity index (χ0n) is 8.36. The summed E-state index contributed by atoms with van der Waals surface area (Å²) in [7, 11) is 0. The van der Waals surface area contributed by atoms with Crippen LogP contribution in [0.5, 0.6) is 0 Å². The van der Waals surface area contributed by atoms with Crippen molar-refractivity contribution in [1.82, 2.24) is 0 Å². The van der Waals surface area contributed by atoms with Crippen LogP contribution in [-0.2, 0) is 9.47 Å². The number of benzene rings is 1. The molecule has 1 aliphatic rings. The van der Waals surface area contributed by atoms with E-state index in [1.54, 1.807) is 0 Å². The minimum Gasteiger partial charge on any atom is -0.350 e. The molecule has 0 spiro atoms. The van der Waals surface area contributed by atoms with Gasteiger partial charge in [0.2, 0.25) is 0 Å². The number of halogens is 1. The molecule has 0 aromatic heterocycles. The normalized spacial score (nSPS) is 17.7.